The molecule has 8 heteroatoms. The summed E-state index contributed by atoms with van der Waals surface area (Å²) >= 11 is 3.20. The predicted octanol–water partition coefficient (Wildman–Crippen LogP) is 2.24. The highest BCUT2D eigenvalue weighted by atomic mass is 79.9. The van der Waals surface area contributed by atoms with E-state index in [4.69, 9.17) is 5.11 Å². The minimum atomic E-state index is -1.13. The molecule has 0 bridgehead atoms. The monoisotopic (exact) mass is 311 g/mol. The van der Waals surface area contributed by atoms with Crippen LogP contribution in [0.4, 0.5) is 5.69 Å². The van der Waals surface area contributed by atoms with Gasteiger partial charge in [-0.15, -0.1) is 0 Å². The summed E-state index contributed by atoms with van der Waals surface area (Å²) < 4.78 is 1.95. The van der Waals surface area contributed by atoms with Crippen LogP contribution in [-0.2, 0) is 0 Å². The Balaban J connectivity index is 2.44. The molecule has 92 valence electrons. The summed E-state index contributed by atoms with van der Waals surface area (Å²) in [5, 5.41) is 19.3. The van der Waals surface area contributed by atoms with Crippen molar-refractivity contribution >= 4 is 27.6 Å². The second-order valence-corrected chi connectivity index (χ2v) is 4.22. The fourth-order valence-electron chi connectivity index (χ4n) is 1.38. The lowest BCUT2D eigenvalue weighted by molar-refractivity contribution is -0.384. The highest BCUT2D eigenvalue weighted by molar-refractivity contribution is 9.10. The van der Waals surface area contributed by atoms with E-state index in [1.54, 1.807) is 0 Å². The van der Waals surface area contributed by atoms with Crippen molar-refractivity contribution in [2.75, 3.05) is 0 Å². The number of hydrogen-bond acceptors (Lipinski definition) is 4. The Kier molecular flexibility index (Phi) is 3.11. The number of nitro benzene ring substituents is 1. The van der Waals surface area contributed by atoms with E-state index in [0.717, 1.165) is 0 Å². The largest absolute Gasteiger partial charge is 0.476 e. The number of carboxylic acids is 1. The van der Waals surface area contributed by atoms with E-state index in [9.17, 15) is 14.9 Å². The third-order valence-corrected chi connectivity index (χ3v) is 2.86. The molecule has 1 heterocycles. The molecule has 0 amide bonds. The summed E-state index contributed by atoms with van der Waals surface area (Å²) in [7, 11) is 0. The van der Waals surface area contributed by atoms with Crippen molar-refractivity contribution in [2.24, 2.45) is 0 Å². The van der Waals surface area contributed by atoms with Crippen molar-refractivity contribution in [3.05, 3.63) is 51.0 Å². The molecule has 0 saturated heterocycles. The van der Waals surface area contributed by atoms with Crippen LogP contribution >= 0.6 is 15.9 Å². The average molecular weight is 312 g/mol. The minimum Gasteiger partial charge on any atom is -0.476 e. The Morgan fingerprint density at radius 2 is 2.22 bits per heavy atom. The van der Waals surface area contributed by atoms with E-state index in [-0.39, 0.29) is 11.4 Å². The SMILES string of the molecule is O=C(O)c1cn(-c2ccc([N+](=O)[O-])cc2Br)cn1. The van der Waals surface area contributed by atoms with E-state index < -0.39 is 10.9 Å². The maximum atomic E-state index is 10.7. The Bertz CT molecular complexity index is 638. The zero-order chi connectivity index (χ0) is 13.3. The first-order valence-corrected chi connectivity index (χ1v) is 5.50. The molecule has 0 aliphatic rings. The van der Waals surface area contributed by atoms with Gasteiger partial charge in [-0.25, -0.2) is 9.78 Å². The van der Waals surface area contributed by atoms with Gasteiger partial charge in [0.15, 0.2) is 5.69 Å². The van der Waals surface area contributed by atoms with Crippen LogP contribution in [0, 0.1) is 10.1 Å². The topological polar surface area (TPSA) is 98.3 Å². The molecule has 0 fully saturated rings. The maximum absolute atomic E-state index is 10.7. The van der Waals surface area contributed by atoms with Gasteiger partial charge in [-0.1, -0.05) is 0 Å². The second-order valence-electron chi connectivity index (χ2n) is 3.36. The number of benzene rings is 1. The van der Waals surface area contributed by atoms with Gasteiger partial charge in [0.25, 0.3) is 5.69 Å². The number of halogens is 1. The normalized spacial score (nSPS) is 10.3. The summed E-state index contributed by atoms with van der Waals surface area (Å²) in [5.74, 6) is -1.13. The molecule has 0 radical (unpaired) electrons. The fraction of sp³-hybridized carbons (Fsp3) is 0. The lowest BCUT2D eigenvalue weighted by Crippen LogP contribution is -1.96. The lowest BCUT2D eigenvalue weighted by Gasteiger charge is -2.04. The van der Waals surface area contributed by atoms with Gasteiger partial charge < -0.3 is 9.67 Å². The van der Waals surface area contributed by atoms with Gasteiger partial charge in [0.1, 0.15) is 6.33 Å². The molecule has 0 aliphatic carbocycles. The number of hydrogen-bond donors (Lipinski definition) is 1. The third-order valence-electron chi connectivity index (χ3n) is 2.22. The van der Waals surface area contributed by atoms with E-state index in [1.807, 2.05) is 0 Å². The first kappa shape index (κ1) is 12.2. The first-order valence-electron chi connectivity index (χ1n) is 4.70. The van der Waals surface area contributed by atoms with Crippen molar-refractivity contribution in [3.63, 3.8) is 0 Å². The Hall–Kier alpha value is -2.22. The number of non-ortho nitro benzene ring substituents is 1. The number of aromatic nitrogens is 2. The number of imidazole rings is 1. The van der Waals surface area contributed by atoms with Crippen LogP contribution in [0.1, 0.15) is 10.5 Å². The van der Waals surface area contributed by atoms with E-state index in [0.29, 0.717) is 10.2 Å². The third kappa shape index (κ3) is 2.23. The fourth-order valence-corrected chi connectivity index (χ4v) is 1.96. The van der Waals surface area contributed by atoms with Crippen LogP contribution < -0.4 is 0 Å². The Morgan fingerprint density at radius 1 is 1.50 bits per heavy atom. The van der Waals surface area contributed by atoms with Crippen LogP contribution in [0.15, 0.2) is 35.2 Å². The standard InChI is InChI=1S/C10H6BrN3O4/c11-7-3-6(14(17)18)1-2-9(7)13-4-8(10(15)16)12-5-13/h1-5H,(H,15,16). The summed E-state index contributed by atoms with van der Waals surface area (Å²) in [5.41, 5.74) is 0.421. The van der Waals surface area contributed by atoms with Crippen LogP contribution in [-0.4, -0.2) is 25.6 Å². The van der Waals surface area contributed by atoms with Gasteiger partial charge in [0.05, 0.1) is 10.6 Å². The molecule has 2 aromatic rings. The zero-order valence-corrected chi connectivity index (χ0v) is 10.4. The Labute approximate surface area is 109 Å². The summed E-state index contributed by atoms with van der Waals surface area (Å²) in [6.45, 7) is 0. The van der Waals surface area contributed by atoms with Gasteiger partial charge in [0.2, 0.25) is 0 Å². The molecule has 0 saturated carbocycles. The van der Waals surface area contributed by atoms with E-state index in [1.165, 1.54) is 35.3 Å². The summed E-state index contributed by atoms with van der Waals surface area (Å²) in [6.07, 6.45) is 2.66. The van der Waals surface area contributed by atoms with E-state index >= 15 is 0 Å². The van der Waals surface area contributed by atoms with E-state index in [2.05, 4.69) is 20.9 Å². The van der Waals surface area contributed by atoms with Crippen molar-refractivity contribution in [3.8, 4) is 5.69 Å². The number of aromatic carboxylic acids is 1. The minimum absolute atomic E-state index is 0.0517. The molecule has 0 unspecified atom stereocenters. The number of carbonyl (C=O) groups is 1. The molecular weight excluding hydrogens is 306 g/mol. The zero-order valence-electron chi connectivity index (χ0n) is 8.78. The molecule has 2 rings (SSSR count). The van der Waals surface area contributed by atoms with Crippen molar-refractivity contribution in [2.45, 2.75) is 0 Å². The number of carboxylic acid groups (broad SMARTS) is 1. The number of rotatable bonds is 3. The highest BCUT2D eigenvalue weighted by Gasteiger charge is 2.12. The van der Waals surface area contributed by atoms with Gasteiger partial charge in [-0.2, -0.15) is 0 Å². The highest BCUT2D eigenvalue weighted by Crippen LogP contribution is 2.26. The van der Waals surface area contributed by atoms with Crippen LogP contribution in [0.3, 0.4) is 0 Å². The molecule has 18 heavy (non-hydrogen) atoms. The molecule has 7 nitrogen and oxygen atoms in total. The molecule has 1 N–H and O–H groups in total. The van der Waals surface area contributed by atoms with Gasteiger partial charge in [0, 0.05) is 22.8 Å². The van der Waals surface area contributed by atoms with Crippen molar-refractivity contribution < 1.29 is 14.8 Å². The molecule has 0 atom stereocenters. The molecule has 0 spiro atoms. The van der Waals surface area contributed by atoms with Crippen LogP contribution in [0.5, 0.6) is 0 Å². The molecule has 1 aromatic heterocycles. The quantitative estimate of drug-likeness (QED) is 0.692. The summed E-state index contributed by atoms with van der Waals surface area (Å²) in [4.78, 5) is 24.5. The molecule has 1 aromatic carbocycles. The van der Waals surface area contributed by atoms with Gasteiger partial charge >= 0.3 is 5.97 Å². The number of nitrogens with zero attached hydrogens (tertiary/aromatic N) is 3. The second kappa shape index (κ2) is 4.57. The van der Waals surface area contributed by atoms with Crippen LogP contribution in [0.2, 0.25) is 0 Å². The number of nitro groups is 1. The van der Waals surface area contributed by atoms with Crippen molar-refractivity contribution in [1.29, 1.82) is 0 Å². The lowest BCUT2D eigenvalue weighted by atomic mass is 10.3. The smallest absolute Gasteiger partial charge is 0.356 e. The molecule has 0 aliphatic heterocycles. The summed E-state index contributed by atoms with van der Waals surface area (Å²) in [6, 6.07) is 4.19. The first-order chi connectivity index (χ1) is 8.49. The van der Waals surface area contributed by atoms with Crippen LogP contribution in [0.25, 0.3) is 5.69 Å². The average Bonchev–Trinajstić information content (AvgIpc) is 2.78. The molecular formula is C10H6BrN3O4. The predicted molar refractivity (Wildman–Crippen MR) is 64.9 cm³/mol. The van der Waals surface area contributed by atoms with Gasteiger partial charge in [-0.3, -0.25) is 10.1 Å². The van der Waals surface area contributed by atoms with Crippen molar-refractivity contribution in [1.82, 2.24) is 9.55 Å². The van der Waals surface area contributed by atoms with Gasteiger partial charge in [-0.05, 0) is 22.0 Å². The maximum Gasteiger partial charge on any atom is 0.356 e. The Morgan fingerprint density at radius 3 is 2.72 bits per heavy atom.